The van der Waals surface area contributed by atoms with Crippen molar-refractivity contribution in [2.75, 3.05) is 26.7 Å². The Kier molecular flexibility index (Phi) is 12.8. The number of nitrogens with zero attached hydrogens (tertiary/aromatic N) is 2. The number of benzene rings is 1. The van der Waals surface area contributed by atoms with E-state index in [1.165, 1.54) is 0 Å². The molecule has 0 aliphatic carbocycles. The smallest absolute Gasteiger partial charge is 0.222 e. The van der Waals surface area contributed by atoms with Gasteiger partial charge in [0.2, 0.25) is 11.8 Å². The predicted molar refractivity (Wildman–Crippen MR) is 141 cm³/mol. The van der Waals surface area contributed by atoms with Crippen molar-refractivity contribution in [3.63, 3.8) is 0 Å². The average molecular weight is 504 g/mol. The van der Waals surface area contributed by atoms with E-state index in [9.17, 15) is 14.7 Å². The van der Waals surface area contributed by atoms with Crippen LogP contribution in [0.4, 0.5) is 0 Å². The van der Waals surface area contributed by atoms with Gasteiger partial charge in [0, 0.05) is 49.9 Å². The molecule has 0 saturated carbocycles. The lowest BCUT2D eigenvalue weighted by Crippen LogP contribution is -2.46. The summed E-state index contributed by atoms with van der Waals surface area (Å²) in [5.74, 6) is 0.710. The largest absolute Gasteiger partial charge is 0.497 e. The third-order valence-electron chi connectivity index (χ3n) is 5.90. The first-order valence-electron chi connectivity index (χ1n) is 12.5. The maximum atomic E-state index is 13.2. The van der Waals surface area contributed by atoms with Gasteiger partial charge in [-0.25, -0.2) is 0 Å². The fraction of sp³-hybridized carbons (Fsp3) is 0.556. The van der Waals surface area contributed by atoms with Crippen LogP contribution in [0.25, 0.3) is 0 Å². The van der Waals surface area contributed by atoms with Gasteiger partial charge in [-0.3, -0.25) is 9.59 Å². The van der Waals surface area contributed by atoms with Gasteiger partial charge in [-0.1, -0.05) is 32.0 Å². The minimum Gasteiger partial charge on any atom is -0.497 e. The molecule has 0 fully saturated rings. The molecule has 1 aromatic heterocycles. The zero-order valence-corrected chi connectivity index (χ0v) is 22.1. The SMILES string of the molecule is CCCN(CCC)C(=O)CCCC(=O)N(Cc1cccc(OC)c1)CC(O)C(N)Cc1cccs1. The molecule has 0 bridgehead atoms. The van der Waals surface area contributed by atoms with Gasteiger partial charge in [0.05, 0.1) is 13.2 Å². The number of methoxy groups -OCH3 is 1. The number of carbonyl (C=O) groups excluding carboxylic acids is 2. The fourth-order valence-corrected chi connectivity index (χ4v) is 4.79. The van der Waals surface area contributed by atoms with Crippen molar-refractivity contribution < 1.29 is 19.4 Å². The van der Waals surface area contributed by atoms with Gasteiger partial charge in [-0.15, -0.1) is 11.3 Å². The molecular formula is C27H41N3O4S. The van der Waals surface area contributed by atoms with Crippen LogP contribution in [0.15, 0.2) is 41.8 Å². The van der Waals surface area contributed by atoms with Crippen molar-refractivity contribution in [1.29, 1.82) is 0 Å². The second-order valence-electron chi connectivity index (χ2n) is 8.87. The van der Waals surface area contributed by atoms with E-state index in [-0.39, 0.29) is 24.8 Å². The number of nitrogens with two attached hydrogens (primary N) is 1. The Morgan fingerprint density at radius 1 is 1.06 bits per heavy atom. The molecule has 8 heteroatoms. The molecule has 3 N–H and O–H groups in total. The third kappa shape index (κ3) is 9.99. The van der Waals surface area contributed by atoms with E-state index in [4.69, 9.17) is 10.5 Å². The molecule has 2 amide bonds. The monoisotopic (exact) mass is 503 g/mol. The summed E-state index contributed by atoms with van der Waals surface area (Å²) in [6.45, 7) is 6.08. The summed E-state index contributed by atoms with van der Waals surface area (Å²) in [6.07, 6.45) is 2.60. The molecule has 2 atom stereocenters. The number of amides is 2. The molecule has 194 valence electrons. The number of hydrogen-bond acceptors (Lipinski definition) is 6. The second-order valence-corrected chi connectivity index (χ2v) is 9.91. The van der Waals surface area contributed by atoms with E-state index in [0.29, 0.717) is 31.6 Å². The number of thiophene rings is 1. The molecular weight excluding hydrogens is 462 g/mol. The van der Waals surface area contributed by atoms with E-state index in [0.717, 1.165) is 36.4 Å². The van der Waals surface area contributed by atoms with E-state index in [1.807, 2.05) is 46.7 Å². The van der Waals surface area contributed by atoms with Crippen LogP contribution in [0.3, 0.4) is 0 Å². The molecule has 7 nitrogen and oxygen atoms in total. The van der Waals surface area contributed by atoms with Crippen molar-refractivity contribution in [3.8, 4) is 5.75 Å². The molecule has 0 aliphatic rings. The summed E-state index contributed by atoms with van der Waals surface area (Å²) < 4.78 is 5.31. The number of ether oxygens (including phenoxy) is 1. The normalized spacial score (nSPS) is 12.7. The Morgan fingerprint density at radius 3 is 2.34 bits per heavy atom. The predicted octanol–water partition coefficient (Wildman–Crippen LogP) is 3.84. The van der Waals surface area contributed by atoms with Crippen LogP contribution in [-0.2, 0) is 22.6 Å². The first-order chi connectivity index (χ1) is 16.9. The van der Waals surface area contributed by atoms with Gasteiger partial charge in [0.15, 0.2) is 0 Å². The summed E-state index contributed by atoms with van der Waals surface area (Å²) in [4.78, 5) is 30.4. The summed E-state index contributed by atoms with van der Waals surface area (Å²) in [5, 5.41) is 12.8. The average Bonchev–Trinajstić information content (AvgIpc) is 3.36. The van der Waals surface area contributed by atoms with Gasteiger partial charge in [0.1, 0.15) is 5.75 Å². The van der Waals surface area contributed by atoms with Crippen LogP contribution in [0, 0.1) is 0 Å². The van der Waals surface area contributed by atoms with Crippen LogP contribution in [0.2, 0.25) is 0 Å². The topological polar surface area (TPSA) is 96.1 Å². The maximum Gasteiger partial charge on any atom is 0.222 e. The van der Waals surface area contributed by atoms with Gasteiger partial charge >= 0.3 is 0 Å². The third-order valence-corrected chi connectivity index (χ3v) is 6.80. The minimum atomic E-state index is -0.863. The summed E-state index contributed by atoms with van der Waals surface area (Å²) >= 11 is 1.60. The second kappa shape index (κ2) is 15.5. The lowest BCUT2D eigenvalue weighted by molar-refractivity contribution is -0.134. The highest BCUT2D eigenvalue weighted by Gasteiger charge is 2.23. The molecule has 0 saturated heterocycles. The van der Waals surface area contributed by atoms with Crippen LogP contribution in [-0.4, -0.2) is 65.6 Å². The van der Waals surface area contributed by atoms with Gasteiger partial charge in [-0.05, 0) is 54.8 Å². The van der Waals surface area contributed by atoms with E-state index < -0.39 is 12.1 Å². The fourth-order valence-electron chi connectivity index (χ4n) is 4.01. The van der Waals surface area contributed by atoms with Crippen LogP contribution >= 0.6 is 11.3 Å². The number of hydrogen-bond donors (Lipinski definition) is 2. The molecule has 2 aromatic rings. The summed E-state index contributed by atoms with van der Waals surface area (Å²) in [5.41, 5.74) is 7.18. The molecule has 35 heavy (non-hydrogen) atoms. The molecule has 1 aromatic carbocycles. The quantitative estimate of drug-likeness (QED) is 0.363. The highest BCUT2D eigenvalue weighted by molar-refractivity contribution is 7.09. The zero-order chi connectivity index (χ0) is 25.6. The first kappa shape index (κ1) is 28.8. The van der Waals surface area contributed by atoms with Crippen LogP contribution < -0.4 is 10.5 Å². The number of carbonyl (C=O) groups is 2. The van der Waals surface area contributed by atoms with E-state index in [2.05, 4.69) is 13.8 Å². The molecule has 2 unspecified atom stereocenters. The van der Waals surface area contributed by atoms with Crippen LogP contribution in [0.5, 0.6) is 5.75 Å². The number of aliphatic hydroxyl groups is 1. The molecule has 0 aliphatic heterocycles. The van der Waals surface area contributed by atoms with Gasteiger partial charge < -0.3 is 25.4 Å². The Morgan fingerprint density at radius 2 is 1.74 bits per heavy atom. The number of rotatable bonds is 16. The standard InChI is InChI=1S/C27H41N3O4S/c1-4-14-29(15-5-2)26(32)12-7-13-27(33)30(19-21-9-6-10-22(17-21)34-3)20-25(31)24(28)18-23-11-8-16-35-23/h6,8-11,16-17,24-25,31H,4-5,7,12-15,18-20,28H2,1-3H3. The Bertz CT molecular complexity index is 884. The maximum absolute atomic E-state index is 13.2. The van der Waals surface area contributed by atoms with Crippen molar-refractivity contribution in [1.82, 2.24) is 9.80 Å². The number of aliphatic hydroxyl groups excluding tert-OH is 1. The van der Waals surface area contributed by atoms with Crippen LogP contribution in [0.1, 0.15) is 56.4 Å². The van der Waals surface area contributed by atoms with E-state index >= 15 is 0 Å². The Labute approximate surface area is 213 Å². The molecule has 2 rings (SSSR count). The molecule has 1 heterocycles. The molecule has 0 spiro atoms. The summed E-state index contributed by atoms with van der Waals surface area (Å²) in [7, 11) is 1.60. The Balaban J connectivity index is 2.02. The highest BCUT2D eigenvalue weighted by atomic mass is 32.1. The van der Waals surface area contributed by atoms with Gasteiger partial charge in [-0.2, -0.15) is 0 Å². The lowest BCUT2D eigenvalue weighted by atomic mass is 10.1. The van der Waals surface area contributed by atoms with Gasteiger partial charge in [0.25, 0.3) is 0 Å². The van der Waals surface area contributed by atoms with Crippen molar-refractivity contribution in [2.24, 2.45) is 5.73 Å². The molecule has 0 radical (unpaired) electrons. The van der Waals surface area contributed by atoms with Crippen molar-refractivity contribution >= 4 is 23.2 Å². The zero-order valence-electron chi connectivity index (χ0n) is 21.3. The summed E-state index contributed by atoms with van der Waals surface area (Å²) in [6, 6.07) is 11.0. The van der Waals surface area contributed by atoms with E-state index in [1.54, 1.807) is 23.3 Å². The Hall–Kier alpha value is -2.42. The lowest BCUT2D eigenvalue weighted by Gasteiger charge is -2.28. The van der Waals surface area contributed by atoms with Crippen molar-refractivity contribution in [3.05, 3.63) is 52.2 Å². The highest BCUT2D eigenvalue weighted by Crippen LogP contribution is 2.17. The van der Waals surface area contributed by atoms with Crippen molar-refractivity contribution in [2.45, 2.75) is 71.1 Å². The first-order valence-corrected chi connectivity index (χ1v) is 13.4. The minimum absolute atomic E-state index is 0.0962.